The Morgan fingerprint density at radius 2 is 1.58 bits per heavy atom. The summed E-state index contributed by atoms with van der Waals surface area (Å²) in [6.07, 6.45) is 8.32. The van der Waals surface area contributed by atoms with Crippen molar-refractivity contribution < 1.29 is 43.0 Å². The number of hydrogen-bond donors (Lipinski definition) is 2. The maximum Gasteiger partial charge on any atom is 0.409 e. The molecule has 5 amide bonds. The fourth-order valence-electron chi connectivity index (χ4n) is 7.46. The van der Waals surface area contributed by atoms with Crippen LogP contribution in [-0.4, -0.2) is 130 Å². The molecule has 1 aromatic carbocycles. The van der Waals surface area contributed by atoms with Gasteiger partial charge in [-0.25, -0.2) is 9.48 Å². The number of hydrogen-bond acceptors (Lipinski definition) is 10. The summed E-state index contributed by atoms with van der Waals surface area (Å²) in [5.74, 6) is -1.88. The zero-order chi connectivity index (χ0) is 38.7. The lowest BCUT2D eigenvalue weighted by Crippen LogP contribution is -2.56. The van der Waals surface area contributed by atoms with Gasteiger partial charge in [-0.15, -0.1) is 0 Å². The van der Waals surface area contributed by atoms with Gasteiger partial charge in [0.1, 0.15) is 18.2 Å². The number of carbonyl (C=O) groups excluding carboxylic acids is 6. The molecule has 0 bridgehead atoms. The van der Waals surface area contributed by atoms with Crippen molar-refractivity contribution in [1.82, 2.24) is 35.1 Å². The molecule has 2 aromatic rings. The second-order valence-electron chi connectivity index (χ2n) is 14.6. The molecule has 0 spiro atoms. The van der Waals surface area contributed by atoms with Gasteiger partial charge in [0.25, 0.3) is 11.8 Å². The minimum absolute atomic E-state index is 0.00318. The molecule has 3 heterocycles. The number of rotatable bonds is 14. The van der Waals surface area contributed by atoms with Gasteiger partial charge < -0.3 is 39.5 Å². The van der Waals surface area contributed by atoms with E-state index in [4.69, 9.17) is 14.2 Å². The first-order chi connectivity index (χ1) is 26.7. The van der Waals surface area contributed by atoms with Crippen LogP contribution in [-0.2, 0) is 28.7 Å². The molecule has 298 valence electrons. The van der Waals surface area contributed by atoms with E-state index in [1.54, 1.807) is 41.0 Å². The molecule has 1 aromatic heterocycles. The number of nitrogens with one attached hydrogen (secondary N) is 2. The fraction of sp³-hybridized carbons (Fsp3) is 0.615. The highest BCUT2D eigenvalue weighted by Crippen LogP contribution is 2.25. The van der Waals surface area contributed by atoms with E-state index in [9.17, 15) is 28.8 Å². The van der Waals surface area contributed by atoms with Gasteiger partial charge in [0.05, 0.1) is 12.3 Å². The molecule has 2 aliphatic heterocycles. The Hall–Kier alpha value is -5.15. The van der Waals surface area contributed by atoms with Gasteiger partial charge in [-0.3, -0.25) is 24.0 Å². The van der Waals surface area contributed by atoms with Crippen LogP contribution in [0.2, 0.25) is 0 Å². The van der Waals surface area contributed by atoms with Crippen molar-refractivity contribution in [2.75, 3.05) is 45.9 Å². The number of likely N-dealkylation sites (tertiary alicyclic amines) is 1. The molecule has 0 radical (unpaired) electrons. The summed E-state index contributed by atoms with van der Waals surface area (Å²) in [5, 5.41) is 10.3. The summed E-state index contributed by atoms with van der Waals surface area (Å²) < 4.78 is 18.2. The molecule has 2 atom stereocenters. The van der Waals surface area contributed by atoms with Crippen molar-refractivity contribution in [1.29, 1.82) is 0 Å². The monoisotopic (exact) mass is 763 g/mol. The lowest BCUT2D eigenvalue weighted by molar-refractivity contribution is -0.151. The number of aromatic nitrogens is 2. The van der Waals surface area contributed by atoms with Gasteiger partial charge in [0, 0.05) is 51.3 Å². The number of para-hydroxylation sites is 1. The quantitative estimate of drug-likeness (QED) is 0.272. The van der Waals surface area contributed by atoms with E-state index in [1.807, 2.05) is 6.07 Å². The van der Waals surface area contributed by atoms with Gasteiger partial charge >= 0.3 is 12.1 Å². The van der Waals surface area contributed by atoms with Crippen molar-refractivity contribution in [2.45, 2.75) is 108 Å². The summed E-state index contributed by atoms with van der Waals surface area (Å²) in [4.78, 5) is 84.0. The van der Waals surface area contributed by atoms with Gasteiger partial charge in [-0.2, -0.15) is 5.10 Å². The van der Waals surface area contributed by atoms with Crippen LogP contribution in [0.3, 0.4) is 0 Å². The topological polar surface area (TPSA) is 182 Å². The summed E-state index contributed by atoms with van der Waals surface area (Å²) in [6, 6.07) is 8.87. The molecule has 2 saturated heterocycles. The van der Waals surface area contributed by atoms with Gasteiger partial charge in [0.15, 0.2) is 12.3 Å². The number of piperazine rings is 1. The maximum atomic E-state index is 13.9. The zero-order valence-corrected chi connectivity index (χ0v) is 31.6. The third-order valence-corrected chi connectivity index (χ3v) is 10.8. The average molecular weight is 764 g/mol. The first-order valence-electron chi connectivity index (χ1n) is 19.8. The van der Waals surface area contributed by atoms with E-state index < -0.39 is 36.0 Å². The second-order valence-corrected chi connectivity index (χ2v) is 14.6. The van der Waals surface area contributed by atoms with Crippen LogP contribution in [0.4, 0.5) is 4.79 Å². The average Bonchev–Trinajstić information content (AvgIpc) is 3.86. The molecule has 16 heteroatoms. The maximum absolute atomic E-state index is 13.9. The van der Waals surface area contributed by atoms with E-state index in [-0.39, 0.29) is 87.8 Å². The standard InChI is InChI=1S/C39H53N7O9/c1-2-53-39(52)44-23-21-43(22-24-44)38(51)30(18-19-35(48)55-29-15-7-4-8-16-29)41-36(49)31-25-34(46(42-31)28-13-5-3-6-14-28)54-26-33(47)45-20-10-17-32(45)37(50)40-27-11-9-12-27/h3,5-6,13-14,25,27,29-30,32H,2,4,7-12,15-24,26H2,1H3,(H,40,50)(H,41,49)/t30-,32-/m0/s1. The lowest BCUT2D eigenvalue weighted by atomic mass is 9.93. The van der Waals surface area contributed by atoms with E-state index in [0.717, 1.165) is 51.4 Å². The van der Waals surface area contributed by atoms with Crippen molar-refractivity contribution >= 4 is 35.7 Å². The highest BCUT2D eigenvalue weighted by Gasteiger charge is 2.36. The molecule has 2 saturated carbocycles. The predicted octanol–water partition coefficient (Wildman–Crippen LogP) is 2.97. The normalized spacial score (nSPS) is 19.6. The van der Waals surface area contributed by atoms with Crippen LogP contribution in [0.1, 0.15) is 94.5 Å². The fourth-order valence-corrected chi connectivity index (χ4v) is 7.46. The first-order valence-corrected chi connectivity index (χ1v) is 19.8. The van der Waals surface area contributed by atoms with Crippen LogP contribution in [0.5, 0.6) is 5.88 Å². The highest BCUT2D eigenvalue weighted by molar-refractivity contribution is 5.96. The Labute approximate surface area is 321 Å². The molecular formula is C39H53N7O9. The van der Waals surface area contributed by atoms with Crippen LogP contribution >= 0.6 is 0 Å². The molecular weight excluding hydrogens is 710 g/mol. The Kier molecular flexibility index (Phi) is 13.6. The van der Waals surface area contributed by atoms with Crippen molar-refractivity contribution in [3.63, 3.8) is 0 Å². The van der Waals surface area contributed by atoms with E-state index in [1.165, 1.54) is 15.6 Å². The van der Waals surface area contributed by atoms with Crippen molar-refractivity contribution in [3.05, 3.63) is 42.1 Å². The number of nitrogens with zero attached hydrogens (tertiary/aromatic N) is 5. The molecule has 16 nitrogen and oxygen atoms in total. The Morgan fingerprint density at radius 3 is 2.27 bits per heavy atom. The number of carbonyl (C=O) groups is 6. The molecule has 4 fully saturated rings. The summed E-state index contributed by atoms with van der Waals surface area (Å²) >= 11 is 0. The van der Waals surface area contributed by atoms with E-state index in [0.29, 0.717) is 25.1 Å². The molecule has 4 aliphatic rings. The van der Waals surface area contributed by atoms with Crippen LogP contribution in [0, 0.1) is 0 Å². The molecule has 55 heavy (non-hydrogen) atoms. The first kappa shape index (κ1) is 39.5. The summed E-state index contributed by atoms with van der Waals surface area (Å²) in [5.41, 5.74) is 0.500. The Bertz CT molecular complexity index is 1670. The molecule has 6 rings (SSSR count). The van der Waals surface area contributed by atoms with E-state index >= 15 is 0 Å². The second kappa shape index (κ2) is 18.9. The minimum atomic E-state index is -1.09. The molecule has 0 unspecified atom stereocenters. The third kappa shape index (κ3) is 10.3. The predicted molar refractivity (Wildman–Crippen MR) is 198 cm³/mol. The van der Waals surface area contributed by atoms with Crippen molar-refractivity contribution in [2.24, 2.45) is 0 Å². The number of benzene rings is 1. The third-order valence-electron chi connectivity index (χ3n) is 10.8. The highest BCUT2D eigenvalue weighted by atomic mass is 16.6. The number of esters is 1. The Balaban J connectivity index is 1.14. The van der Waals surface area contributed by atoms with Gasteiger partial charge in [-0.1, -0.05) is 24.6 Å². The number of amides is 5. The smallest absolute Gasteiger partial charge is 0.409 e. The molecule has 2 N–H and O–H groups in total. The van der Waals surface area contributed by atoms with Crippen LogP contribution in [0.25, 0.3) is 5.69 Å². The van der Waals surface area contributed by atoms with Crippen LogP contribution < -0.4 is 15.4 Å². The van der Waals surface area contributed by atoms with Crippen LogP contribution in [0.15, 0.2) is 36.4 Å². The lowest BCUT2D eigenvalue weighted by Gasteiger charge is -2.36. The summed E-state index contributed by atoms with van der Waals surface area (Å²) in [6.45, 7) is 3.01. The summed E-state index contributed by atoms with van der Waals surface area (Å²) in [7, 11) is 0. The zero-order valence-electron chi connectivity index (χ0n) is 31.6. The van der Waals surface area contributed by atoms with Crippen molar-refractivity contribution in [3.8, 4) is 11.6 Å². The number of ether oxygens (including phenoxy) is 3. The largest absolute Gasteiger partial charge is 0.467 e. The SMILES string of the molecule is CCOC(=O)N1CCN(C(=O)[C@H](CCC(=O)OC2CCCCC2)NC(=O)c2cc(OCC(=O)N3CCC[C@H]3C(=O)NC3CCC3)n(-c3ccccc3)n2)CC1. The minimum Gasteiger partial charge on any atom is -0.467 e. The Morgan fingerprint density at radius 1 is 0.855 bits per heavy atom. The van der Waals surface area contributed by atoms with E-state index in [2.05, 4.69) is 15.7 Å². The van der Waals surface area contributed by atoms with Gasteiger partial charge in [0.2, 0.25) is 17.7 Å². The van der Waals surface area contributed by atoms with Gasteiger partial charge in [-0.05, 0) is 83.3 Å². The molecule has 2 aliphatic carbocycles.